The van der Waals surface area contributed by atoms with Crippen LogP contribution in [-0.4, -0.2) is 37.2 Å². The summed E-state index contributed by atoms with van der Waals surface area (Å²) in [4.78, 5) is 10.7. The van der Waals surface area contributed by atoms with Crippen molar-refractivity contribution < 1.29 is 4.74 Å². The zero-order valence-corrected chi connectivity index (χ0v) is 14.2. The maximum absolute atomic E-state index is 6.15. The van der Waals surface area contributed by atoms with Crippen LogP contribution < -0.4 is 15.0 Å². The van der Waals surface area contributed by atoms with Crippen molar-refractivity contribution in [3.63, 3.8) is 0 Å². The predicted molar refractivity (Wildman–Crippen MR) is 93.8 cm³/mol. The van der Waals surface area contributed by atoms with Crippen LogP contribution >= 0.6 is 11.6 Å². The number of ether oxygens (including phenoxy) is 1. The lowest BCUT2D eigenvalue weighted by atomic mass is 9.89. The van der Waals surface area contributed by atoms with Crippen LogP contribution in [0.3, 0.4) is 0 Å². The minimum absolute atomic E-state index is 0.465. The second-order valence-electron chi connectivity index (χ2n) is 5.65. The summed E-state index contributed by atoms with van der Waals surface area (Å²) in [5.41, 5.74) is 2.15. The molecular formula is C17H21ClN4O. The fourth-order valence-electron chi connectivity index (χ4n) is 3.13. The molecule has 0 amide bonds. The zero-order valence-electron chi connectivity index (χ0n) is 13.4. The molecule has 0 saturated carbocycles. The van der Waals surface area contributed by atoms with Crippen LogP contribution in [0, 0.1) is 0 Å². The maximum atomic E-state index is 6.15. The molecule has 1 aromatic carbocycles. The molecular weight excluding hydrogens is 312 g/mol. The van der Waals surface area contributed by atoms with Crippen LogP contribution in [0.5, 0.6) is 5.75 Å². The predicted octanol–water partition coefficient (Wildman–Crippen LogP) is 3.56. The molecule has 6 heteroatoms. The number of hydrogen-bond donors (Lipinski definition) is 1. The lowest BCUT2D eigenvalue weighted by Gasteiger charge is -2.34. The molecule has 1 saturated heterocycles. The van der Waals surface area contributed by atoms with Gasteiger partial charge in [-0.1, -0.05) is 23.7 Å². The second-order valence-corrected chi connectivity index (χ2v) is 6.01. The van der Waals surface area contributed by atoms with Crippen LogP contribution in [0.4, 0.5) is 11.5 Å². The molecule has 0 unspecified atom stereocenters. The highest BCUT2D eigenvalue weighted by Crippen LogP contribution is 2.35. The monoisotopic (exact) mass is 332 g/mol. The van der Waals surface area contributed by atoms with Crippen LogP contribution in [0.1, 0.15) is 24.3 Å². The number of nitrogens with zero attached hydrogens (tertiary/aromatic N) is 3. The summed E-state index contributed by atoms with van der Waals surface area (Å²) in [5.74, 6) is 2.36. The molecule has 0 radical (unpaired) electrons. The zero-order chi connectivity index (χ0) is 16.2. The van der Waals surface area contributed by atoms with E-state index in [1.54, 1.807) is 7.11 Å². The molecule has 3 rings (SSSR count). The normalized spacial score (nSPS) is 15.5. The third-order valence-corrected chi connectivity index (χ3v) is 4.68. The Morgan fingerprint density at radius 3 is 2.74 bits per heavy atom. The maximum Gasteiger partial charge on any atom is 0.157 e. The largest absolute Gasteiger partial charge is 0.497 e. The molecule has 1 aliphatic rings. The lowest BCUT2D eigenvalue weighted by Crippen LogP contribution is -2.34. The van der Waals surface area contributed by atoms with Gasteiger partial charge in [0.2, 0.25) is 0 Å². The van der Waals surface area contributed by atoms with Gasteiger partial charge in [0.25, 0.3) is 0 Å². The van der Waals surface area contributed by atoms with Crippen LogP contribution in [-0.2, 0) is 0 Å². The Morgan fingerprint density at radius 2 is 2.04 bits per heavy atom. The number of anilines is 2. The molecule has 1 aromatic heterocycles. The summed E-state index contributed by atoms with van der Waals surface area (Å²) in [6, 6.07) is 8.37. The number of hydrogen-bond acceptors (Lipinski definition) is 5. The lowest BCUT2D eigenvalue weighted by molar-refractivity contribution is 0.412. The summed E-state index contributed by atoms with van der Waals surface area (Å²) < 4.78 is 5.33. The average Bonchev–Trinajstić information content (AvgIpc) is 2.61. The molecule has 2 aromatic rings. The molecule has 0 bridgehead atoms. The summed E-state index contributed by atoms with van der Waals surface area (Å²) in [5, 5.41) is 3.57. The van der Waals surface area contributed by atoms with Crippen molar-refractivity contribution in [1.82, 2.24) is 9.97 Å². The number of halogens is 1. The standard InChI is InChI=1S/C17H21ClN4O/c1-19-15-16(18)20-11-21-17(15)22-8-6-12(7-9-22)13-4-3-5-14(10-13)23-2/h3-5,10-12,19H,6-9H2,1-2H3. The highest BCUT2D eigenvalue weighted by atomic mass is 35.5. The van der Waals surface area contributed by atoms with E-state index in [-0.39, 0.29) is 0 Å². The third kappa shape index (κ3) is 3.34. The SMILES string of the molecule is CNc1c(Cl)ncnc1N1CCC(c2cccc(OC)c2)CC1. The van der Waals surface area contributed by atoms with E-state index < -0.39 is 0 Å². The molecule has 0 atom stereocenters. The smallest absolute Gasteiger partial charge is 0.157 e. The van der Waals surface area contributed by atoms with Crippen LogP contribution in [0.15, 0.2) is 30.6 Å². The quantitative estimate of drug-likeness (QED) is 0.867. The summed E-state index contributed by atoms with van der Waals surface area (Å²) in [7, 11) is 3.55. The Balaban J connectivity index is 1.72. The van der Waals surface area contributed by atoms with Gasteiger partial charge in [0.05, 0.1) is 7.11 Å². The first kappa shape index (κ1) is 15.9. The number of nitrogens with one attached hydrogen (secondary N) is 1. The van der Waals surface area contributed by atoms with E-state index in [9.17, 15) is 0 Å². The van der Waals surface area contributed by atoms with Crippen LogP contribution in [0.25, 0.3) is 0 Å². The van der Waals surface area contributed by atoms with Gasteiger partial charge in [0.15, 0.2) is 11.0 Å². The van der Waals surface area contributed by atoms with Gasteiger partial charge in [-0.25, -0.2) is 9.97 Å². The highest BCUT2D eigenvalue weighted by molar-refractivity contribution is 6.32. The Morgan fingerprint density at radius 1 is 1.26 bits per heavy atom. The molecule has 23 heavy (non-hydrogen) atoms. The molecule has 2 heterocycles. The average molecular weight is 333 g/mol. The number of rotatable bonds is 4. The summed E-state index contributed by atoms with van der Waals surface area (Å²) >= 11 is 6.15. The van der Waals surface area contributed by atoms with Gasteiger partial charge in [-0.3, -0.25) is 0 Å². The first-order valence-electron chi connectivity index (χ1n) is 7.80. The van der Waals surface area contributed by atoms with Gasteiger partial charge in [0, 0.05) is 20.1 Å². The highest BCUT2D eigenvalue weighted by Gasteiger charge is 2.24. The molecule has 0 aliphatic carbocycles. The van der Waals surface area contributed by atoms with Gasteiger partial charge in [-0.15, -0.1) is 0 Å². The Kier molecular flexibility index (Phi) is 4.86. The molecule has 122 valence electrons. The van der Waals surface area contributed by atoms with Gasteiger partial charge in [0.1, 0.15) is 17.8 Å². The van der Waals surface area contributed by atoms with E-state index in [4.69, 9.17) is 16.3 Å². The van der Waals surface area contributed by atoms with Crippen molar-refractivity contribution in [2.24, 2.45) is 0 Å². The minimum atomic E-state index is 0.465. The molecule has 1 N–H and O–H groups in total. The fraction of sp³-hybridized carbons (Fsp3) is 0.412. The van der Waals surface area contributed by atoms with Gasteiger partial charge >= 0.3 is 0 Å². The molecule has 0 spiro atoms. The number of benzene rings is 1. The number of piperidine rings is 1. The van der Waals surface area contributed by atoms with Crippen molar-refractivity contribution >= 4 is 23.1 Å². The Hall–Kier alpha value is -2.01. The van der Waals surface area contributed by atoms with E-state index in [0.717, 1.165) is 43.2 Å². The first-order valence-corrected chi connectivity index (χ1v) is 8.18. The molecule has 1 fully saturated rings. The first-order chi connectivity index (χ1) is 11.2. The van der Waals surface area contributed by atoms with Crippen molar-refractivity contribution in [2.75, 3.05) is 37.5 Å². The third-order valence-electron chi connectivity index (χ3n) is 4.39. The van der Waals surface area contributed by atoms with Gasteiger partial charge in [-0.2, -0.15) is 0 Å². The Bertz CT molecular complexity index is 671. The topological polar surface area (TPSA) is 50.3 Å². The van der Waals surface area contributed by atoms with E-state index in [0.29, 0.717) is 11.1 Å². The number of methoxy groups -OCH3 is 1. The van der Waals surface area contributed by atoms with E-state index >= 15 is 0 Å². The van der Waals surface area contributed by atoms with Gasteiger partial charge < -0.3 is 15.0 Å². The molecule has 1 aliphatic heterocycles. The van der Waals surface area contributed by atoms with E-state index in [1.807, 2.05) is 13.1 Å². The number of aromatic nitrogens is 2. The molecule has 5 nitrogen and oxygen atoms in total. The summed E-state index contributed by atoms with van der Waals surface area (Å²) in [6.07, 6.45) is 3.68. The second kappa shape index (κ2) is 7.04. The van der Waals surface area contributed by atoms with Crippen molar-refractivity contribution in [2.45, 2.75) is 18.8 Å². The minimum Gasteiger partial charge on any atom is -0.497 e. The van der Waals surface area contributed by atoms with Gasteiger partial charge in [-0.05, 0) is 36.5 Å². The van der Waals surface area contributed by atoms with Crippen LogP contribution in [0.2, 0.25) is 5.15 Å². The fourth-order valence-corrected chi connectivity index (χ4v) is 3.35. The van der Waals surface area contributed by atoms with Crippen molar-refractivity contribution in [3.05, 3.63) is 41.3 Å². The summed E-state index contributed by atoms with van der Waals surface area (Å²) in [6.45, 7) is 1.90. The van der Waals surface area contributed by atoms with E-state index in [2.05, 4.69) is 38.4 Å². The van der Waals surface area contributed by atoms with Crippen molar-refractivity contribution in [3.8, 4) is 5.75 Å². The van der Waals surface area contributed by atoms with E-state index in [1.165, 1.54) is 11.9 Å². The Labute approximate surface area is 141 Å². The van der Waals surface area contributed by atoms with Crippen molar-refractivity contribution in [1.29, 1.82) is 0 Å².